The van der Waals surface area contributed by atoms with E-state index in [4.69, 9.17) is 23.2 Å². The number of hydrogen-bond donors (Lipinski definition) is 3. The van der Waals surface area contributed by atoms with Crippen molar-refractivity contribution in [2.75, 3.05) is 69.5 Å². The van der Waals surface area contributed by atoms with E-state index in [-0.39, 0.29) is 35.1 Å². The summed E-state index contributed by atoms with van der Waals surface area (Å²) in [6.07, 6.45) is 8.17. The fourth-order valence-electron chi connectivity index (χ4n) is 13.9. The van der Waals surface area contributed by atoms with Gasteiger partial charge in [-0.15, -0.1) is 5.92 Å². The Hall–Kier alpha value is -6.68. The molecular formula is C70H76Cl2F3N7O3. The molecule has 1 saturated carbocycles. The van der Waals surface area contributed by atoms with Crippen LogP contribution in [0.1, 0.15) is 124 Å². The van der Waals surface area contributed by atoms with E-state index < -0.39 is 17.5 Å². The molecule has 4 heterocycles. The average Bonchev–Trinajstić information content (AvgIpc) is 3.10. The van der Waals surface area contributed by atoms with Gasteiger partial charge >= 0.3 is 6.18 Å². The molecule has 1 aliphatic carbocycles. The summed E-state index contributed by atoms with van der Waals surface area (Å²) in [5.41, 5.74) is 10.2. The molecule has 0 bridgehead atoms. The second-order valence-corrected chi connectivity index (χ2v) is 24.7. The molecule has 6 aromatic carbocycles. The van der Waals surface area contributed by atoms with E-state index in [1.807, 2.05) is 25.1 Å². The van der Waals surface area contributed by atoms with Crippen LogP contribution in [0.15, 0.2) is 121 Å². The maximum Gasteiger partial charge on any atom is 0.420 e. The molecule has 2 spiro atoms. The van der Waals surface area contributed by atoms with Crippen molar-refractivity contribution < 1.29 is 27.9 Å². The zero-order valence-electron chi connectivity index (χ0n) is 48.9. The van der Waals surface area contributed by atoms with Crippen LogP contribution in [0.2, 0.25) is 10.0 Å². The molecule has 6 aromatic rings. The van der Waals surface area contributed by atoms with Crippen LogP contribution in [-0.4, -0.2) is 101 Å². The molecule has 5 aliphatic rings. The van der Waals surface area contributed by atoms with Crippen molar-refractivity contribution in [3.63, 3.8) is 0 Å². The van der Waals surface area contributed by atoms with Gasteiger partial charge in [-0.1, -0.05) is 116 Å². The Balaban J connectivity index is 0.000000189. The highest BCUT2D eigenvalue weighted by molar-refractivity contribution is 6.35. The number of alkyl halides is 3. The minimum atomic E-state index is -4.73. The Morgan fingerprint density at radius 3 is 1.69 bits per heavy atom. The van der Waals surface area contributed by atoms with E-state index in [0.29, 0.717) is 40.4 Å². The minimum Gasteiger partial charge on any atom is -0.507 e. The van der Waals surface area contributed by atoms with E-state index in [2.05, 4.69) is 123 Å². The summed E-state index contributed by atoms with van der Waals surface area (Å²) in [4.78, 5) is 36.6. The molecule has 2 amide bonds. The molecule has 15 heteroatoms. The third-order valence-corrected chi connectivity index (χ3v) is 18.6. The highest BCUT2D eigenvalue weighted by atomic mass is 35.5. The van der Waals surface area contributed by atoms with Crippen LogP contribution in [-0.2, 0) is 39.7 Å². The van der Waals surface area contributed by atoms with E-state index in [1.54, 1.807) is 24.3 Å². The second-order valence-electron chi connectivity index (χ2n) is 23.8. The number of benzene rings is 6. The summed E-state index contributed by atoms with van der Waals surface area (Å²) >= 11 is 12.4. The van der Waals surface area contributed by atoms with E-state index in [1.165, 1.54) is 78.0 Å². The third-order valence-electron chi connectivity index (χ3n) is 18.2. The number of halogens is 5. The molecule has 85 heavy (non-hydrogen) atoms. The first-order chi connectivity index (χ1) is 41.0. The van der Waals surface area contributed by atoms with Crippen molar-refractivity contribution in [2.24, 2.45) is 5.92 Å². The molecule has 2 saturated heterocycles. The van der Waals surface area contributed by atoms with Gasteiger partial charge in [0.05, 0.1) is 30.3 Å². The largest absolute Gasteiger partial charge is 0.507 e. The van der Waals surface area contributed by atoms with Crippen molar-refractivity contribution in [3.8, 4) is 45.9 Å². The number of aromatic hydroxyl groups is 1. The predicted octanol–water partition coefficient (Wildman–Crippen LogP) is 14.9. The summed E-state index contributed by atoms with van der Waals surface area (Å²) in [5, 5.41) is 25.7. The first kappa shape index (κ1) is 61.4. The number of likely N-dealkylation sites (tertiary alicyclic amines) is 2. The van der Waals surface area contributed by atoms with Gasteiger partial charge in [0.2, 0.25) is 11.8 Å². The van der Waals surface area contributed by atoms with Crippen LogP contribution in [0.3, 0.4) is 0 Å². The SMILES string of the molecule is CC#Cc1cccc(-c2ccc3c(c2)CCN(CC(=O)Nc2cc(Cl)cc(Cl)c2)C32CCN(C(CCC)CCC)CC2)c1.N#Cc1cccc(-c2ccc3c(c2)CCN(CC(=O)Nc2ccc(O)c(C(F)(F)F)c2)C32CCN(CC3CC3)CC2)c1. The Morgan fingerprint density at radius 1 is 0.659 bits per heavy atom. The average molecular weight is 1190 g/mol. The number of nitrogens with zero attached hydrogens (tertiary/aromatic N) is 5. The highest BCUT2D eigenvalue weighted by Gasteiger charge is 2.48. The number of carbonyl (C=O) groups excluding carboxylic acids is 2. The lowest BCUT2D eigenvalue weighted by Gasteiger charge is -2.53. The van der Waals surface area contributed by atoms with Gasteiger partial charge in [-0.05, 0) is 182 Å². The number of nitriles is 1. The lowest BCUT2D eigenvalue weighted by atomic mass is 9.73. The normalized spacial score (nSPS) is 17.6. The number of carbonyl (C=O) groups is 2. The topological polar surface area (TPSA) is 115 Å². The first-order valence-corrected chi connectivity index (χ1v) is 31.0. The van der Waals surface area contributed by atoms with Crippen LogP contribution in [0.4, 0.5) is 24.5 Å². The summed E-state index contributed by atoms with van der Waals surface area (Å²) in [7, 11) is 0. The Kier molecular flexibility index (Phi) is 19.5. The molecule has 3 fully saturated rings. The predicted molar refractivity (Wildman–Crippen MR) is 335 cm³/mol. The van der Waals surface area contributed by atoms with Gasteiger partial charge in [0.25, 0.3) is 0 Å². The molecule has 4 aliphatic heterocycles. The standard InChI is InChI=1S/C37H43Cl2N3O.C33H33F3N4O2/c1-4-8-27-11-7-12-28(21-27)29-13-14-35-30(22-29)15-18-42(26-36(43)40-33-24-31(38)23-32(39)25-33)37(35)16-19-41(20-17-37)34(9-5-2)10-6-3;34-33(35,36)29-18-27(7-9-30(29)41)38-31(42)21-40-13-10-26-17-25(24-3-1-2-23(16-24)19-37)6-8-28(26)32(40)11-14-39(15-12-32)20-22-4-5-22/h7,11-14,21-25,34H,5-6,9-10,15-20,26H2,1-3H3,(H,40,43);1-3,6-9,16-18,22,41H,4-5,10-15,20-21H2,(H,38,42). The van der Waals surface area contributed by atoms with Crippen molar-refractivity contribution in [2.45, 2.75) is 121 Å². The van der Waals surface area contributed by atoms with Crippen molar-refractivity contribution in [3.05, 3.63) is 170 Å². The number of nitrogens with one attached hydrogen (secondary N) is 2. The van der Waals surface area contributed by atoms with Crippen LogP contribution < -0.4 is 10.6 Å². The summed E-state index contributed by atoms with van der Waals surface area (Å²) in [5.74, 6) is 5.70. The van der Waals surface area contributed by atoms with Gasteiger partial charge in [-0.25, -0.2) is 0 Å². The number of piperidine rings is 2. The van der Waals surface area contributed by atoms with Gasteiger partial charge in [-0.2, -0.15) is 18.4 Å². The molecule has 0 unspecified atom stereocenters. The number of amides is 2. The van der Waals surface area contributed by atoms with Crippen molar-refractivity contribution >= 4 is 46.4 Å². The fourth-order valence-corrected chi connectivity index (χ4v) is 14.4. The maximum atomic E-state index is 13.4. The number of fused-ring (bicyclic) bond motifs is 4. The zero-order valence-corrected chi connectivity index (χ0v) is 50.5. The number of hydrogen-bond acceptors (Lipinski definition) is 8. The van der Waals surface area contributed by atoms with E-state index in [0.717, 1.165) is 113 Å². The molecule has 0 aromatic heterocycles. The van der Waals surface area contributed by atoms with Crippen LogP contribution in [0.5, 0.6) is 5.75 Å². The van der Waals surface area contributed by atoms with Crippen LogP contribution in [0.25, 0.3) is 22.3 Å². The lowest BCUT2D eigenvalue weighted by Crippen LogP contribution is -2.58. The summed E-state index contributed by atoms with van der Waals surface area (Å²) in [6.45, 7) is 13.4. The first-order valence-electron chi connectivity index (χ1n) is 30.2. The smallest absolute Gasteiger partial charge is 0.420 e. The molecule has 10 nitrogen and oxygen atoms in total. The quantitative estimate of drug-likeness (QED) is 0.0688. The van der Waals surface area contributed by atoms with E-state index in [9.17, 15) is 33.1 Å². The van der Waals surface area contributed by atoms with Gasteiger partial charge in [0.1, 0.15) is 5.75 Å². The van der Waals surface area contributed by atoms with Gasteiger partial charge in [-0.3, -0.25) is 19.4 Å². The number of phenols is 1. The number of phenolic OH excluding ortho intramolecular Hbond substituents is 1. The fraction of sp³-hybridized carbons (Fsp3) is 0.414. The van der Waals surface area contributed by atoms with Gasteiger partial charge in [0.15, 0.2) is 0 Å². The molecule has 0 radical (unpaired) electrons. The van der Waals surface area contributed by atoms with E-state index >= 15 is 0 Å². The van der Waals surface area contributed by atoms with Crippen molar-refractivity contribution in [1.29, 1.82) is 5.26 Å². The van der Waals surface area contributed by atoms with Crippen molar-refractivity contribution in [1.82, 2.24) is 19.6 Å². The summed E-state index contributed by atoms with van der Waals surface area (Å²) < 4.78 is 39.9. The number of anilines is 2. The van der Waals surface area contributed by atoms with Crippen LogP contribution in [0, 0.1) is 29.1 Å². The molecule has 0 atom stereocenters. The second kappa shape index (κ2) is 26.9. The van der Waals surface area contributed by atoms with Gasteiger partial charge < -0.3 is 25.5 Å². The lowest BCUT2D eigenvalue weighted by molar-refractivity contribution is -0.138. The highest BCUT2D eigenvalue weighted by Crippen LogP contribution is 2.48. The third kappa shape index (κ3) is 14.4. The zero-order chi connectivity index (χ0) is 59.9. The summed E-state index contributed by atoms with van der Waals surface area (Å²) in [6, 6.07) is 40.5. The van der Waals surface area contributed by atoms with Crippen LogP contribution >= 0.6 is 23.2 Å². The van der Waals surface area contributed by atoms with Gasteiger partial charge in [0, 0.05) is 89.9 Å². The Bertz CT molecular complexity index is 3470. The maximum absolute atomic E-state index is 13.4. The Labute approximate surface area is 509 Å². The molecule has 444 valence electrons. The number of rotatable bonds is 15. The minimum absolute atomic E-state index is 0.0000727. The monoisotopic (exact) mass is 1190 g/mol. The molecule has 3 N–H and O–H groups in total. The Morgan fingerprint density at radius 2 is 1.18 bits per heavy atom. The molecular weight excluding hydrogens is 1110 g/mol. The molecule has 11 rings (SSSR count).